The molecule has 1 unspecified atom stereocenters. The van der Waals surface area contributed by atoms with Crippen LogP contribution in [0.4, 0.5) is 5.69 Å². The van der Waals surface area contributed by atoms with Gasteiger partial charge in [0.2, 0.25) is 11.8 Å². The molecule has 0 aromatic heterocycles. The quantitative estimate of drug-likeness (QED) is 0.853. The molecule has 152 valence electrons. The Morgan fingerprint density at radius 3 is 2.41 bits per heavy atom. The van der Waals surface area contributed by atoms with Gasteiger partial charge in [0.1, 0.15) is 0 Å². The standard InChI is InChI=1S/C24H29N3O2/c1-25-19-12-14-27(15-13-19)22(28)17-24(16-18-8-4-3-5-9-18)20-10-6-7-11-21(20)26(2)23(24)29/h3-11,19,25H,12-17H2,1-2H3. The Morgan fingerprint density at radius 2 is 1.72 bits per heavy atom. The summed E-state index contributed by atoms with van der Waals surface area (Å²) in [6.45, 7) is 1.49. The van der Waals surface area contributed by atoms with Crippen molar-refractivity contribution >= 4 is 17.5 Å². The Labute approximate surface area is 172 Å². The Morgan fingerprint density at radius 1 is 1.07 bits per heavy atom. The average molecular weight is 392 g/mol. The number of hydrogen-bond donors (Lipinski definition) is 1. The van der Waals surface area contributed by atoms with Gasteiger partial charge in [-0.1, -0.05) is 48.5 Å². The van der Waals surface area contributed by atoms with Crippen molar-refractivity contribution in [3.63, 3.8) is 0 Å². The Balaban J connectivity index is 1.67. The van der Waals surface area contributed by atoms with E-state index in [-0.39, 0.29) is 18.2 Å². The van der Waals surface area contributed by atoms with E-state index < -0.39 is 5.41 Å². The Hall–Kier alpha value is -2.66. The molecule has 5 nitrogen and oxygen atoms in total. The predicted octanol–water partition coefficient (Wildman–Crippen LogP) is 2.74. The van der Waals surface area contributed by atoms with E-state index in [1.54, 1.807) is 4.90 Å². The second kappa shape index (κ2) is 7.99. The van der Waals surface area contributed by atoms with E-state index >= 15 is 0 Å². The minimum Gasteiger partial charge on any atom is -0.343 e. The fourth-order valence-corrected chi connectivity index (χ4v) is 4.85. The summed E-state index contributed by atoms with van der Waals surface area (Å²) < 4.78 is 0. The van der Waals surface area contributed by atoms with Crippen LogP contribution in [-0.4, -0.2) is 49.9 Å². The SMILES string of the molecule is CNC1CCN(C(=O)CC2(Cc3ccccc3)C(=O)N(C)c3ccccc32)CC1. The molecule has 2 aliphatic rings. The summed E-state index contributed by atoms with van der Waals surface area (Å²) in [5.74, 6) is 0.0925. The largest absolute Gasteiger partial charge is 0.343 e. The number of likely N-dealkylation sites (N-methyl/N-ethyl adjacent to an activating group) is 1. The highest BCUT2D eigenvalue weighted by Crippen LogP contribution is 2.45. The lowest BCUT2D eigenvalue weighted by atomic mass is 9.73. The summed E-state index contributed by atoms with van der Waals surface area (Å²) in [4.78, 5) is 30.6. The van der Waals surface area contributed by atoms with Crippen LogP contribution in [0.3, 0.4) is 0 Å². The van der Waals surface area contributed by atoms with Gasteiger partial charge in [0, 0.05) is 38.3 Å². The highest BCUT2D eigenvalue weighted by atomic mass is 16.2. The topological polar surface area (TPSA) is 52.7 Å². The molecule has 4 rings (SSSR count). The molecular weight excluding hydrogens is 362 g/mol. The normalized spacial score (nSPS) is 22.1. The van der Waals surface area contributed by atoms with Gasteiger partial charge in [0.15, 0.2) is 0 Å². The first-order valence-electron chi connectivity index (χ1n) is 10.4. The van der Waals surface area contributed by atoms with Crippen molar-refractivity contribution < 1.29 is 9.59 Å². The number of carbonyl (C=O) groups excluding carboxylic acids is 2. The Kier molecular flexibility index (Phi) is 5.41. The first-order valence-corrected chi connectivity index (χ1v) is 10.4. The lowest BCUT2D eigenvalue weighted by Gasteiger charge is -2.35. The van der Waals surface area contributed by atoms with Crippen molar-refractivity contribution in [3.8, 4) is 0 Å². The van der Waals surface area contributed by atoms with Crippen molar-refractivity contribution in [1.82, 2.24) is 10.2 Å². The third kappa shape index (κ3) is 3.55. The monoisotopic (exact) mass is 391 g/mol. The summed E-state index contributed by atoms with van der Waals surface area (Å²) in [5.41, 5.74) is 2.11. The summed E-state index contributed by atoms with van der Waals surface area (Å²) in [7, 11) is 3.79. The van der Waals surface area contributed by atoms with E-state index in [4.69, 9.17) is 0 Å². The van der Waals surface area contributed by atoms with Crippen LogP contribution in [0.25, 0.3) is 0 Å². The van der Waals surface area contributed by atoms with E-state index in [1.165, 1.54) is 0 Å². The highest BCUT2D eigenvalue weighted by molar-refractivity contribution is 6.09. The van der Waals surface area contributed by atoms with Crippen LogP contribution in [0.2, 0.25) is 0 Å². The molecule has 2 heterocycles. The Bertz CT molecular complexity index is 890. The van der Waals surface area contributed by atoms with Crippen LogP contribution in [0, 0.1) is 0 Å². The zero-order valence-electron chi connectivity index (χ0n) is 17.2. The van der Waals surface area contributed by atoms with Gasteiger partial charge in [-0.3, -0.25) is 9.59 Å². The van der Waals surface area contributed by atoms with Gasteiger partial charge in [-0.2, -0.15) is 0 Å². The van der Waals surface area contributed by atoms with Gasteiger partial charge in [-0.15, -0.1) is 0 Å². The summed E-state index contributed by atoms with van der Waals surface area (Å²) in [5, 5.41) is 3.30. The number of fused-ring (bicyclic) bond motifs is 1. The molecule has 1 fully saturated rings. The third-order valence-corrected chi connectivity index (χ3v) is 6.55. The van der Waals surface area contributed by atoms with Crippen molar-refractivity contribution in [3.05, 3.63) is 65.7 Å². The first kappa shape index (κ1) is 19.6. The third-order valence-electron chi connectivity index (χ3n) is 6.55. The second-order valence-electron chi connectivity index (χ2n) is 8.25. The number of nitrogens with one attached hydrogen (secondary N) is 1. The number of benzene rings is 2. The zero-order valence-corrected chi connectivity index (χ0v) is 17.2. The molecule has 1 atom stereocenters. The number of anilines is 1. The minimum absolute atomic E-state index is 0.0148. The van der Waals surface area contributed by atoms with Crippen LogP contribution >= 0.6 is 0 Å². The number of para-hydroxylation sites is 1. The fourth-order valence-electron chi connectivity index (χ4n) is 4.85. The van der Waals surface area contributed by atoms with Crippen molar-refractivity contribution in [2.75, 3.05) is 32.1 Å². The molecule has 2 aliphatic heterocycles. The number of rotatable bonds is 5. The molecule has 0 radical (unpaired) electrons. The van der Waals surface area contributed by atoms with E-state index in [0.717, 1.165) is 42.7 Å². The van der Waals surface area contributed by atoms with Gasteiger partial charge in [0.25, 0.3) is 0 Å². The molecule has 5 heteroatoms. The van der Waals surface area contributed by atoms with Crippen LogP contribution in [-0.2, 0) is 21.4 Å². The van der Waals surface area contributed by atoms with Crippen molar-refractivity contribution in [2.24, 2.45) is 0 Å². The molecule has 2 amide bonds. The smallest absolute Gasteiger partial charge is 0.238 e. The number of nitrogens with zero attached hydrogens (tertiary/aromatic N) is 2. The lowest BCUT2D eigenvalue weighted by molar-refractivity contribution is -0.137. The highest BCUT2D eigenvalue weighted by Gasteiger charge is 2.51. The maximum absolute atomic E-state index is 13.6. The van der Waals surface area contributed by atoms with Crippen LogP contribution in [0.1, 0.15) is 30.4 Å². The van der Waals surface area contributed by atoms with E-state index in [0.29, 0.717) is 12.5 Å². The molecule has 1 saturated heterocycles. The molecule has 2 aromatic carbocycles. The molecule has 2 aromatic rings. The maximum Gasteiger partial charge on any atom is 0.238 e. The van der Waals surface area contributed by atoms with E-state index in [1.807, 2.05) is 73.6 Å². The van der Waals surface area contributed by atoms with Crippen LogP contribution < -0.4 is 10.2 Å². The van der Waals surface area contributed by atoms with Crippen LogP contribution in [0.5, 0.6) is 0 Å². The van der Waals surface area contributed by atoms with Crippen molar-refractivity contribution in [1.29, 1.82) is 0 Å². The molecule has 0 bridgehead atoms. The molecule has 0 spiro atoms. The second-order valence-corrected chi connectivity index (χ2v) is 8.25. The minimum atomic E-state index is -0.844. The summed E-state index contributed by atoms with van der Waals surface area (Å²) >= 11 is 0. The van der Waals surface area contributed by atoms with Crippen LogP contribution in [0.15, 0.2) is 54.6 Å². The predicted molar refractivity (Wildman–Crippen MR) is 115 cm³/mol. The van der Waals surface area contributed by atoms with Gasteiger partial charge in [-0.05, 0) is 43.5 Å². The number of likely N-dealkylation sites (tertiary alicyclic amines) is 1. The van der Waals surface area contributed by atoms with Gasteiger partial charge >= 0.3 is 0 Å². The lowest BCUT2D eigenvalue weighted by Crippen LogP contribution is -2.48. The van der Waals surface area contributed by atoms with E-state index in [2.05, 4.69) is 5.32 Å². The van der Waals surface area contributed by atoms with Gasteiger partial charge < -0.3 is 15.1 Å². The van der Waals surface area contributed by atoms with Gasteiger partial charge in [-0.25, -0.2) is 0 Å². The number of piperidine rings is 1. The zero-order chi connectivity index (χ0) is 20.4. The molecular formula is C24H29N3O2. The summed E-state index contributed by atoms with van der Waals surface area (Å²) in [6, 6.07) is 18.4. The summed E-state index contributed by atoms with van der Waals surface area (Å²) in [6.07, 6.45) is 2.66. The number of hydrogen-bond acceptors (Lipinski definition) is 3. The van der Waals surface area contributed by atoms with E-state index in [9.17, 15) is 9.59 Å². The van der Waals surface area contributed by atoms with Crippen molar-refractivity contribution in [2.45, 2.75) is 37.1 Å². The molecule has 0 aliphatic carbocycles. The maximum atomic E-state index is 13.6. The molecule has 1 N–H and O–H groups in total. The molecule has 0 saturated carbocycles. The van der Waals surface area contributed by atoms with Gasteiger partial charge in [0.05, 0.1) is 5.41 Å². The number of carbonyl (C=O) groups is 2. The average Bonchev–Trinajstić information content (AvgIpc) is 2.97. The first-order chi connectivity index (χ1) is 14.0. The molecule has 29 heavy (non-hydrogen) atoms. The number of amides is 2. The fraction of sp³-hybridized carbons (Fsp3) is 0.417.